The molecule has 2 aromatic heterocycles. The van der Waals surface area contributed by atoms with Crippen LogP contribution in [0.1, 0.15) is 28.3 Å². The number of H-pyrrole nitrogens is 3. The minimum Gasteiger partial charge on any atom is -0.497 e. The van der Waals surface area contributed by atoms with Crippen LogP contribution in [0.25, 0.3) is 0 Å². The fourth-order valence-electron chi connectivity index (χ4n) is 3.39. The zero-order valence-corrected chi connectivity index (χ0v) is 14.4. The van der Waals surface area contributed by atoms with E-state index < -0.39 is 17.2 Å². The summed E-state index contributed by atoms with van der Waals surface area (Å²) in [6, 6.07) is 5.40. The third kappa shape index (κ3) is 2.28. The van der Waals surface area contributed by atoms with Crippen LogP contribution in [0.4, 0.5) is 11.6 Å². The van der Waals surface area contributed by atoms with E-state index in [-0.39, 0.29) is 0 Å². The van der Waals surface area contributed by atoms with Crippen molar-refractivity contribution in [3.8, 4) is 11.5 Å². The molecule has 1 unspecified atom stereocenters. The summed E-state index contributed by atoms with van der Waals surface area (Å²) in [4.78, 5) is 29.3. The van der Waals surface area contributed by atoms with E-state index in [1.54, 1.807) is 26.4 Å². The van der Waals surface area contributed by atoms with Crippen molar-refractivity contribution in [3.05, 3.63) is 61.4 Å². The van der Waals surface area contributed by atoms with E-state index in [9.17, 15) is 9.59 Å². The first-order valence-corrected chi connectivity index (χ1v) is 7.93. The lowest BCUT2D eigenvalue weighted by Gasteiger charge is -2.27. The summed E-state index contributed by atoms with van der Waals surface area (Å²) in [5.41, 5.74) is 1.73. The van der Waals surface area contributed by atoms with Crippen LogP contribution in [-0.4, -0.2) is 34.4 Å². The Labute approximate surface area is 147 Å². The first-order valence-electron chi connectivity index (χ1n) is 7.93. The predicted molar refractivity (Wildman–Crippen MR) is 94.8 cm³/mol. The van der Waals surface area contributed by atoms with Crippen molar-refractivity contribution < 1.29 is 9.47 Å². The number of fused-ring (bicyclic) bond motifs is 2. The van der Waals surface area contributed by atoms with Gasteiger partial charge >= 0.3 is 5.69 Å². The topological polar surface area (TPSA) is 125 Å². The van der Waals surface area contributed by atoms with Gasteiger partial charge < -0.3 is 14.8 Å². The third-order valence-corrected chi connectivity index (χ3v) is 4.55. The first-order chi connectivity index (χ1) is 12.5. The van der Waals surface area contributed by atoms with Crippen LogP contribution < -0.4 is 26.0 Å². The van der Waals surface area contributed by atoms with Gasteiger partial charge in [-0.1, -0.05) is 6.07 Å². The number of anilines is 2. The molecule has 1 atom stereocenters. The highest BCUT2D eigenvalue weighted by Crippen LogP contribution is 2.45. The number of aromatic amines is 3. The molecular formula is C17H17N5O4. The summed E-state index contributed by atoms with van der Waals surface area (Å²) >= 11 is 0. The molecule has 0 amide bonds. The van der Waals surface area contributed by atoms with E-state index in [4.69, 9.17) is 9.47 Å². The number of rotatable bonds is 3. The third-order valence-electron chi connectivity index (χ3n) is 4.55. The van der Waals surface area contributed by atoms with Gasteiger partial charge in [0.05, 0.1) is 25.7 Å². The van der Waals surface area contributed by atoms with Crippen molar-refractivity contribution >= 4 is 11.6 Å². The monoisotopic (exact) mass is 355 g/mol. The second-order valence-corrected chi connectivity index (χ2v) is 5.97. The smallest absolute Gasteiger partial charge is 0.327 e. The highest BCUT2D eigenvalue weighted by Gasteiger charge is 2.35. The molecule has 4 rings (SSSR count). The Balaban J connectivity index is 2.04. The summed E-state index contributed by atoms with van der Waals surface area (Å²) in [6.07, 6.45) is 0. The Morgan fingerprint density at radius 1 is 1.08 bits per heavy atom. The Kier molecular flexibility index (Phi) is 3.57. The lowest BCUT2D eigenvalue weighted by molar-refractivity contribution is 0.390. The Hall–Kier alpha value is -3.49. The molecule has 9 nitrogen and oxygen atoms in total. The van der Waals surface area contributed by atoms with Gasteiger partial charge in [-0.2, -0.15) is 5.10 Å². The zero-order chi connectivity index (χ0) is 18.4. The normalized spacial score (nSPS) is 15.0. The molecule has 1 aliphatic heterocycles. The predicted octanol–water partition coefficient (Wildman–Crippen LogP) is 1.35. The highest BCUT2D eigenvalue weighted by atomic mass is 16.5. The molecule has 0 aliphatic carbocycles. The van der Waals surface area contributed by atoms with Gasteiger partial charge in [0.2, 0.25) is 0 Å². The van der Waals surface area contributed by atoms with Gasteiger partial charge in [0.25, 0.3) is 5.56 Å². The molecule has 26 heavy (non-hydrogen) atoms. The molecule has 134 valence electrons. The van der Waals surface area contributed by atoms with Crippen LogP contribution in [0.3, 0.4) is 0 Å². The second kappa shape index (κ2) is 5.80. The molecule has 1 aromatic carbocycles. The van der Waals surface area contributed by atoms with Crippen molar-refractivity contribution in [2.45, 2.75) is 12.8 Å². The van der Waals surface area contributed by atoms with Crippen LogP contribution in [0, 0.1) is 6.92 Å². The number of nitrogens with one attached hydrogen (secondary N) is 4. The van der Waals surface area contributed by atoms with Crippen molar-refractivity contribution in [1.82, 2.24) is 20.2 Å². The average Bonchev–Trinajstić information content (AvgIpc) is 3.00. The summed E-state index contributed by atoms with van der Waals surface area (Å²) in [6.45, 7) is 1.88. The van der Waals surface area contributed by atoms with Gasteiger partial charge in [-0.25, -0.2) is 4.79 Å². The van der Waals surface area contributed by atoms with Crippen LogP contribution >= 0.6 is 0 Å². The zero-order valence-electron chi connectivity index (χ0n) is 14.4. The average molecular weight is 355 g/mol. The molecule has 3 heterocycles. The van der Waals surface area contributed by atoms with Gasteiger partial charge in [-0.3, -0.25) is 19.9 Å². The maximum Gasteiger partial charge on any atom is 0.327 e. The molecule has 9 heteroatoms. The van der Waals surface area contributed by atoms with E-state index in [1.165, 1.54) is 0 Å². The second-order valence-electron chi connectivity index (χ2n) is 5.97. The maximum atomic E-state index is 12.6. The number of hydrogen-bond acceptors (Lipinski definition) is 6. The van der Waals surface area contributed by atoms with Crippen LogP contribution in [-0.2, 0) is 0 Å². The molecule has 0 radical (unpaired) electrons. The Bertz CT molecular complexity index is 1110. The number of benzene rings is 1. The van der Waals surface area contributed by atoms with Crippen molar-refractivity contribution in [1.29, 1.82) is 0 Å². The van der Waals surface area contributed by atoms with Gasteiger partial charge in [0, 0.05) is 22.9 Å². The van der Waals surface area contributed by atoms with E-state index in [1.807, 2.05) is 13.0 Å². The van der Waals surface area contributed by atoms with E-state index in [2.05, 4.69) is 25.5 Å². The number of aryl methyl sites for hydroxylation is 1. The quantitative estimate of drug-likeness (QED) is 0.440. The minimum atomic E-state index is -0.586. The molecule has 0 bridgehead atoms. The number of aromatic nitrogens is 4. The Morgan fingerprint density at radius 2 is 1.88 bits per heavy atom. The van der Waals surface area contributed by atoms with Crippen LogP contribution in [0.2, 0.25) is 0 Å². The SMILES string of the molecule is COc1ccc(C2c3c(n[nH]c3C)Nc3[nH]c(=O)[nH]c(=O)c32)c(OC)c1. The lowest BCUT2D eigenvalue weighted by Crippen LogP contribution is -2.32. The van der Waals surface area contributed by atoms with Crippen LogP contribution in [0.15, 0.2) is 27.8 Å². The van der Waals surface area contributed by atoms with E-state index in [0.717, 1.165) is 16.8 Å². The number of nitrogens with zero attached hydrogens (tertiary/aromatic N) is 1. The molecule has 0 fully saturated rings. The number of methoxy groups -OCH3 is 2. The number of ether oxygens (including phenoxy) is 2. The van der Waals surface area contributed by atoms with Gasteiger partial charge in [0.15, 0.2) is 5.82 Å². The van der Waals surface area contributed by atoms with Gasteiger partial charge in [-0.15, -0.1) is 0 Å². The summed E-state index contributed by atoms with van der Waals surface area (Å²) in [5, 5.41) is 10.2. The fourth-order valence-corrected chi connectivity index (χ4v) is 3.39. The standard InChI is InChI=1S/C17H17N5O4/c1-7-11-12(9-5-4-8(25-2)6-10(9)26-3)13-14(18-15(11)22-21-7)19-17(24)20-16(13)23/h4-6,12H,1-3H3,(H4,18,19,20,21,22,23,24). The van der Waals surface area contributed by atoms with Crippen LogP contribution in [0.5, 0.6) is 11.5 Å². The molecule has 4 N–H and O–H groups in total. The van der Waals surface area contributed by atoms with Gasteiger partial charge in [-0.05, 0) is 13.0 Å². The van der Waals surface area contributed by atoms with Crippen molar-refractivity contribution in [2.24, 2.45) is 0 Å². The molecule has 0 saturated carbocycles. The Morgan fingerprint density at radius 3 is 2.62 bits per heavy atom. The largest absolute Gasteiger partial charge is 0.497 e. The summed E-state index contributed by atoms with van der Waals surface area (Å²) < 4.78 is 10.8. The molecule has 1 aliphatic rings. The van der Waals surface area contributed by atoms with Crippen molar-refractivity contribution in [3.63, 3.8) is 0 Å². The first kappa shape index (κ1) is 16.0. The highest BCUT2D eigenvalue weighted by molar-refractivity contribution is 5.72. The number of hydrogen-bond donors (Lipinski definition) is 4. The maximum absolute atomic E-state index is 12.6. The lowest BCUT2D eigenvalue weighted by atomic mass is 9.83. The molecule has 0 saturated heterocycles. The molecule has 3 aromatic rings. The fraction of sp³-hybridized carbons (Fsp3) is 0.235. The van der Waals surface area contributed by atoms with Gasteiger partial charge in [0.1, 0.15) is 17.3 Å². The van der Waals surface area contributed by atoms with E-state index in [0.29, 0.717) is 28.7 Å². The summed E-state index contributed by atoms with van der Waals surface area (Å²) in [7, 11) is 3.13. The minimum absolute atomic E-state index is 0.320. The molecular weight excluding hydrogens is 338 g/mol. The van der Waals surface area contributed by atoms with E-state index >= 15 is 0 Å². The summed E-state index contributed by atoms with van der Waals surface area (Å²) in [5.74, 6) is 1.61. The molecule has 0 spiro atoms. The van der Waals surface area contributed by atoms with Crippen molar-refractivity contribution in [2.75, 3.05) is 19.5 Å².